The van der Waals surface area contributed by atoms with Gasteiger partial charge in [-0.05, 0) is 34.5 Å². The highest BCUT2D eigenvalue weighted by molar-refractivity contribution is 9.10. The minimum Gasteiger partial charge on any atom is -0.480 e. The number of halogens is 1. The molecule has 1 atom stereocenters. The average molecular weight is 336 g/mol. The molecule has 1 rings (SSSR count). The van der Waals surface area contributed by atoms with Gasteiger partial charge in [-0.25, -0.2) is 8.42 Å². The van der Waals surface area contributed by atoms with Gasteiger partial charge in [-0.3, -0.25) is 4.79 Å². The molecule has 1 aromatic rings. The molecule has 0 radical (unpaired) electrons. The fourth-order valence-electron chi connectivity index (χ4n) is 1.43. The van der Waals surface area contributed by atoms with Crippen LogP contribution in [0.4, 0.5) is 0 Å². The van der Waals surface area contributed by atoms with E-state index in [0.29, 0.717) is 10.9 Å². The van der Waals surface area contributed by atoms with Crippen LogP contribution in [0.2, 0.25) is 0 Å². The van der Waals surface area contributed by atoms with Gasteiger partial charge in [0.25, 0.3) is 0 Å². The summed E-state index contributed by atoms with van der Waals surface area (Å²) in [4.78, 5) is 11.0. The van der Waals surface area contributed by atoms with E-state index in [2.05, 4.69) is 20.7 Å². The minimum atomic E-state index is -3.84. The Bertz CT molecular complexity index is 530. The van der Waals surface area contributed by atoms with Crippen LogP contribution < -0.4 is 4.72 Å². The number of hydrogen-bond acceptors (Lipinski definition) is 3. The van der Waals surface area contributed by atoms with Crippen LogP contribution in [0.1, 0.15) is 19.8 Å². The maximum absolute atomic E-state index is 12.0. The molecule has 5 nitrogen and oxygen atoms in total. The van der Waals surface area contributed by atoms with Crippen LogP contribution >= 0.6 is 15.9 Å². The fraction of sp³-hybridized carbons (Fsp3) is 0.364. The van der Waals surface area contributed by atoms with E-state index in [-0.39, 0.29) is 11.3 Å². The van der Waals surface area contributed by atoms with Crippen molar-refractivity contribution < 1.29 is 18.3 Å². The van der Waals surface area contributed by atoms with E-state index in [4.69, 9.17) is 5.11 Å². The Hall–Kier alpha value is -0.920. The van der Waals surface area contributed by atoms with Crippen molar-refractivity contribution in [2.45, 2.75) is 30.7 Å². The summed E-state index contributed by atoms with van der Waals surface area (Å²) in [6.07, 6.45) is 0.828. The molecule has 0 bridgehead atoms. The van der Waals surface area contributed by atoms with Crippen LogP contribution in [0.15, 0.2) is 33.6 Å². The molecule has 7 heteroatoms. The van der Waals surface area contributed by atoms with Crippen molar-refractivity contribution in [2.24, 2.45) is 0 Å². The Labute approximate surface area is 114 Å². The third-order valence-electron chi connectivity index (χ3n) is 2.30. The highest BCUT2D eigenvalue weighted by Crippen LogP contribution is 2.21. The second-order valence-corrected chi connectivity index (χ2v) is 6.27. The third kappa shape index (κ3) is 3.79. The molecular weight excluding hydrogens is 322 g/mol. The van der Waals surface area contributed by atoms with Gasteiger partial charge in [0.2, 0.25) is 10.0 Å². The predicted octanol–water partition coefficient (Wildman–Crippen LogP) is 1.98. The first-order valence-corrected chi connectivity index (χ1v) is 7.65. The summed E-state index contributed by atoms with van der Waals surface area (Å²) in [6, 6.07) is 5.16. The van der Waals surface area contributed by atoms with Crippen LogP contribution in [0, 0.1) is 0 Å². The van der Waals surface area contributed by atoms with Gasteiger partial charge in [0.1, 0.15) is 6.04 Å². The first kappa shape index (κ1) is 15.1. The smallest absolute Gasteiger partial charge is 0.321 e. The molecule has 0 amide bonds. The largest absolute Gasteiger partial charge is 0.480 e. The molecule has 100 valence electrons. The van der Waals surface area contributed by atoms with Gasteiger partial charge in [0.15, 0.2) is 0 Å². The molecule has 0 aliphatic heterocycles. The monoisotopic (exact) mass is 335 g/mol. The van der Waals surface area contributed by atoms with Crippen LogP contribution in [0.25, 0.3) is 0 Å². The number of aliphatic carboxylic acids is 1. The topological polar surface area (TPSA) is 83.5 Å². The SMILES string of the molecule is CCC[C@H](NS(=O)(=O)c1ccccc1Br)C(=O)O. The summed E-state index contributed by atoms with van der Waals surface area (Å²) in [7, 11) is -3.84. The lowest BCUT2D eigenvalue weighted by Gasteiger charge is -2.14. The molecule has 1 aromatic carbocycles. The zero-order valence-electron chi connectivity index (χ0n) is 9.76. The lowest BCUT2D eigenvalue weighted by molar-refractivity contribution is -0.139. The molecule has 0 fully saturated rings. The zero-order valence-corrected chi connectivity index (χ0v) is 12.2. The number of carbonyl (C=O) groups is 1. The molecule has 0 unspecified atom stereocenters. The number of hydrogen-bond donors (Lipinski definition) is 2. The summed E-state index contributed by atoms with van der Waals surface area (Å²) in [5.41, 5.74) is 0. The summed E-state index contributed by atoms with van der Waals surface area (Å²) >= 11 is 3.13. The number of nitrogens with one attached hydrogen (secondary N) is 1. The molecule has 0 spiro atoms. The standard InChI is InChI=1S/C11H14BrNO4S/c1-2-5-9(11(14)15)13-18(16,17)10-7-4-3-6-8(10)12/h3-4,6-7,9,13H,2,5H2,1H3,(H,14,15)/t9-/m0/s1. The van der Waals surface area contributed by atoms with Gasteiger partial charge < -0.3 is 5.11 Å². The summed E-state index contributed by atoms with van der Waals surface area (Å²) in [5, 5.41) is 8.95. The molecule has 0 aliphatic rings. The van der Waals surface area contributed by atoms with E-state index >= 15 is 0 Å². The average Bonchev–Trinajstić information content (AvgIpc) is 2.28. The van der Waals surface area contributed by atoms with Crippen molar-refractivity contribution in [3.63, 3.8) is 0 Å². The lowest BCUT2D eigenvalue weighted by atomic mass is 10.2. The van der Waals surface area contributed by atoms with Crippen molar-refractivity contribution in [3.05, 3.63) is 28.7 Å². The Kier molecular flexibility index (Phi) is 5.30. The number of carboxylic acids is 1. The van der Waals surface area contributed by atoms with Crippen molar-refractivity contribution in [1.29, 1.82) is 0 Å². The molecule has 0 aliphatic carbocycles. The van der Waals surface area contributed by atoms with Gasteiger partial charge >= 0.3 is 5.97 Å². The third-order valence-corrected chi connectivity index (χ3v) is 4.78. The van der Waals surface area contributed by atoms with E-state index < -0.39 is 22.0 Å². The Morgan fingerprint density at radius 1 is 1.44 bits per heavy atom. The molecule has 0 saturated carbocycles. The maximum Gasteiger partial charge on any atom is 0.321 e. The van der Waals surface area contributed by atoms with E-state index in [1.807, 2.05) is 0 Å². The van der Waals surface area contributed by atoms with E-state index in [0.717, 1.165) is 0 Å². The van der Waals surface area contributed by atoms with Gasteiger partial charge in [-0.2, -0.15) is 4.72 Å². The summed E-state index contributed by atoms with van der Waals surface area (Å²) in [5.74, 6) is -1.17. The normalized spacial score (nSPS) is 13.2. The van der Waals surface area contributed by atoms with Crippen LogP contribution in [-0.2, 0) is 14.8 Å². The maximum atomic E-state index is 12.0. The zero-order chi connectivity index (χ0) is 13.8. The van der Waals surface area contributed by atoms with Crippen molar-refractivity contribution in [1.82, 2.24) is 4.72 Å². The molecule has 2 N–H and O–H groups in total. The molecule has 0 saturated heterocycles. The first-order chi connectivity index (χ1) is 8.38. The van der Waals surface area contributed by atoms with Crippen molar-refractivity contribution in [3.8, 4) is 0 Å². The number of sulfonamides is 1. The van der Waals surface area contributed by atoms with Gasteiger partial charge in [-0.1, -0.05) is 25.5 Å². The van der Waals surface area contributed by atoms with Gasteiger partial charge in [0, 0.05) is 4.47 Å². The van der Waals surface area contributed by atoms with Crippen LogP contribution in [-0.4, -0.2) is 25.5 Å². The predicted molar refractivity (Wildman–Crippen MR) is 70.8 cm³/mol. The summed E-state index contributed by atoms with van der Waals surface area (Å²) < 4.78 is 26.7. The minimum absolute atomic E-state index is 0.0346. The van der Waals surface area contributed by atoms with Crippen molar-refractivity contribution in [2.75, 3.05) is 0 Å². The van der Waals surface area contributed by atoms with Gasteiger partial charge in [0.05, 0.1) is 4.90 Å². The second-order valence-electron chi connectivity index (χ2n) is 3.73. The second kappa shape index (κ2) is 6.31. The van der Waals surface area contributed by atoms with E-state index in [9.17, 15) is 13.2 Å². The van der Waals surface area contributed by atoms with Crippen molar-refractivity contribution >= 4 is 31.9 Å². The van der Waals surface area contributed by atoms with Gasteiger partial charge in [-0.15, -0.1) is 0 Å². The van der Waals surface area contributed by atoms with E-state index in [1.54, 1.807) is 25.1 Å². The van der Waals surface area contributed by atoms with Crippen LogP contribution in [0.5, 0.6) is 0 Å². The lowest BCUT2D eigenvalue weighted by Crippen LogP contribution is -2.40. The first-order valence-electron chi connectivity index (χ1n) is 5.38. The highest BCUT2D eigenvalue weighted by Gasteiger charge is 2.25. The summed E-state index contributed by atoms with van der Waals surface area (Å²) in [6.45, 7) is 1.79. The quantitative estimate of drug-likeness (QED) is 0.832. The highest BCUT2D eigenvalue weighted by atomic mass is 79.9. The number of rotatable bonds is 6. The number of benzene rings is 1. The van der Waals surface area contributed by atoms with Crippen LogP contribution in [0.3, 0.4) is 0 Å². The Morgan fingerprint density at radius 3 is 2.56 bits per heavy atom. The fourth-order valence-corrected chi connectivity index (χ4v) is 3.66. The molecule has 0 aromatic heterocycles. The molecule has 18 heavy (non-hydrogen) atoms. The molecule has 0 heterocycles. The molecular formula is C11H14BrNO4S. The number of carboxylic acid groups (broad SMARTS) is 1. The Morgan fingerprint density at radius 2 is 2.06 bits per heavy atom. The van der Waals surface area contributed by atoms with E-state index in [1.165, 1.54) is 6.07 Å². The Balaban J connectivity index is 3.01.